The summed E-state index contributed by atoms with van der Waals surface area (Å²) in [5.74, 6) is -3.40. The molecule has 1 aliphatic heterocycles. The third-order valence-corrected chi connectivity index (χ3v) is 6.37. The van der Waals surface area contributed by atoms with Gasteiger partial charge in [-0.05, 0) is 49.6 Å². The van der Waals surface area contributed by atoms with Gasteiger partial charge in [0, 0.05) is 23.8 Å². The van der Waals surface area contributed by atoms with Gasteiger partial charge in [-0.1, -0.05) is 0 Å². The number of carbonyl (C=O) groups is 1. The zero-order valence-corrected chi connectivity index (χ0v) is 19.1. The number of hydrogen-bond donors (Lipinski definition) is 1. The summed E-state index contributed by atoms with van der Waals surface area (Å²) in [7, 11) is 1.35. The minimum atomic E-state index is -3.14. The van der Waals surface area contributed by atoms with Crippen LogP contribution in [0.15, 0.2) is 36.7 Å². The van der Waals surface area contributed by atoms with E-state index in [1.807, 2.05) is 13.0 Å². The normalized spacial score (nSPS) is 18.4. The van der Waals surface area contributed by atoms with Crippen LogP contribution in [0.25, 0.3) is 16.9 Å². The molecule has 1 aromatic carbocycles. The van der Waals surface area contributed by atoms with Crippen molar-refractivity contribution < 1.29 is 31.8 Å². The van der Waals surface area contributed by atoms with Crippen molar-refractivity contribution in [3.63, 3.8) is 0 Å². The molecule has 1 N–H and O–H groups in total. The summed E-state index contributed by atoms with van der Waals surface area (Å²) in [6, 6.07) is 6.35. The van der Waals surface area contributed by atoms with Crippen LogP contribution >= 0.6 is 0 Å². The van der Waals surface area contributed by atoms with Gasteiger partial charge in [-0.25, -0.2) is 13.8 Å². The fraction of sp³-hybridized carbons (Fsp3) is 0.417. The van der Waals surface area contributed by atoms with E-state index in [0.29, 0.717) is 16.9 Å². The summed E-state index contributed by atoms with van der Waals surface area (Å²) in [6.45, 7) is -1.85. The number of carbonyl (C=O) groups excluding carboxylic acids is 1. The number of hydrogen-bond acceptors (Lipinski definition) is 5. The Labute approximate surface area is 198 Å². The Hall–Kier alpha value is -3.34. The van der Waals surface area contributed by atoms with E-state index >= 15 is 0 Å². The lowest BCUT2D eigenvalue weighted by atomic mass is 10.0. The lowest BCUT2D eigenvalue weighted by Gasteiger charge is -2.42. The molecule has 2 aliphatic rings. The van der Waals surface area contributed by atoms with Gasteiger partial charge >= 0.3 is 6.61 Å². The monoisotopic (exact) mass is 492 g/mol. The van der Waals surface area contributed by atoms with Crippen LogP contribution in [-0.2, 0) is 0 Å². The van der Waals surface area contributed by atoms with Crippen molar-refractivity contribution in [1.82, 2.24) is 19.6 Å². The lowest BCUT2D eigenvalue weighted by Crippen LogP contribution is -2.56. The molecular formula is C24H24F4N4O3. The summed E-state index contributed by atoms with van der Waals surface area (Å²) in [5.41, 5.74) is 2.30. The maximum absolute atomic E-state index is 13.3. The molecule has 1 saturated heterocycles. The summed E-state index contributed by atoms with van der Waals surface area (Å²) < 4.78 is 64.8. The molecule has 186 valence electrons. The highest BCUT2D eigenvalue weighted by molar-refractivity contribution is 6.01. The van der Waals surface area contributed by atoms with E-state index in [1.165, 1.54) is 13.2 Å². The second-order valence-electron chi connectivity index (χ2n) is 8.95. The highest BCUT2D eigenvalue weighted by Crippen LogP contribution is 2.38. The number of benzene rings is 1. The topological polar surface area (TPSA) is 68.1 Å². The number of halogens is 4. The summed E-state index contributed by atoms with van der Waals surface area (Å²) in [5, 5.41) is 2.77. The van der Waals surface area contributed by atoms with Gasteiger partial charge in [0.2, 0.25) is 0 Å². The first-order chi connectivity index (χ1) is 16.6. The van der Waals surface area contributed by atoms with Crippen LogP contribution in [0.4, 0.5) is 17.6 Å². The van der Waals surface area contributed by atoms with Crippen molar-refractivity contribution in [2.75, 3.05) is 20.2 Å². The lowest BCUT2D eigenvalue weighted by molar-refractivity contribution is -0.144. The number of rotatable bonds is 8. The van der Waals surface area contributed by atoms with E-state index < -0.39 is 18.4 Å². The third-order valence-electron chi connectivity index (χ3n) is 6.37. The fourth-order valence-corrected chi connectivity index (χ4v) is 4.30. The van der Waals surface area contributed by atoms with Gasteiger partial charge in [-0.15, -0.1) is 0 Å². The molecule has 1 aliphatic carbocycles. The number of alkyl halides is 4. The Morgan fingerprint density at radius 3 is 2.54 bits per heavy atom. The first-order valence-electron chi connectivity index (χ1n) is 11.2. The molecule has 11 heteroatoms. The van der Waals surface area contributed by atoms with Crippen molar-refractivity contribution in [2.24, 2.45) is 0 Å². The first kappa shape index (κ1) is 23.4. The predicted molar refractivity (Wildman–Crippen MR) is 119 cm³/mol. The quantitative estimate of drug-likeness (QED) is 0.469. The first-order valence-corrected chi connectivity index (χ1v) is 11.2. The van der Waals surface area contributed by atoms with Crippen LogP contribution < -0.4 is 14.8 Å². The Balaban J connectivity index is 1.50. The predicted octanol–water partition coefficient (Wildman–Crippen LogP) is 4.52. The molecule has 7 nitrogen and oxygen atoms in total. The Bertz CT molecular complexity index is 1270. The van der Waals surface area contributed by atoms with Gasteiger partial charge in [-0.2, -0.15) is 8.78 Å². The van der Waals surface area contributed by atoms with Crippen molar-refractivity contribution in [3.8, 4) is 22.8 Å². The minimum absolute atomic E-state index is 0.0177. The number of ether oxygens (including phenoxy) is 2. The molecule has 3 aromatic rings. The van der Waals surface area contributed by atoms with E-state index in [0.717, 1.165) is 18.4 Å². The molecule has 1 saturated carbocycles. The van der Waals surface area contributed by atoms with Gasteiger partial charge in [0.15, 0.2) is 0 Å². The van der Waals surface area contributed by atoms with Crippen molar-refractivity contribution >= 4 is 11.6 Å². The van der Waals surface area contributed by atoms with E-state index in [1.54, 1.807) is 33.8 Å². The van der Waals surface area contributed by atoms with Crippen molar-refractivity contribution in [1.29, 1.82) is 0 Å². The smallest absolute Gasteiger partial charge is 0.387 e. The molecule has 2 fully saturated rings. The second-order valence-corrected chi connectivity index (χ2v) is 8.95. The van der Waals surface area contributed by atoms with Gasteiger partial charge < -0.3 is 14.8 Å². The molecule has 1 unspecified atom stereocenters. The van der Waals surface area contributed by atoms with E-state index in [2.05, 4.69) is 10.3 Å². The molecule has 0 radical (unpaired) electrons. The van der Waals surface area contributed by atoms with Gasteiger partial charge in [0.1, 0.15) is 22.7 Å². The molecular weight excluding hydrogens is 468 g/mol. The highest BCUT2D eigenvalue weighted by Gasteiger charge is 2.45. The van der Waals surface area contributed by atoms with Crippen LogP contribution in [-0.4, -0.2) is 59.0 Å². The second kappa shape index (κ2) is 8.71. The molecule has 35 heavy (non-hydrogen) atoms. The average molecular weight is 492 g/mol. The number of nitrogens with zero attached hydrogens (tertiary/aromatic N) is 3. The van der Waals surface area contributed by atoms with Gasteiger partial charge in [0.25, 0.3) is 11.8 Å². The molecule has 2 aromatic heterocycles. The number of fused-ring (bicyclic) bond motifs is 1. The number of pyridine rings is 1. The maximum atomic E-state index is 13.3. The van der Waals surface area contributed by atoms with Crippen LogP contribution in [0.2, 0.25) is 0 Å². The maximum Gasteiger partial charge on any atom is 0.387 e. The Kier molecular flexibility index (Phi) is 5.82. The van der Waals surface area contributed by atoms with Gasteiger partial charge in [-0.3, -0.25) is 14.1 Å². The zero-order valence-electron chi connectivity index (χ0n) is 19.1. The number of likely N-dealkylation sites (tertiary alicyclic amines) is 1. The van der Waals surface area contributed by atoms with Crippen LogP contribution in [0.1, 0.15) is 41.7 Å². The Morgan fingerprint density at radius 1 is 1.20 bits per heavy atom. The third kappa shape index (κ3) is 4.64. The molecule has 1 atom stereocenters. The van der Waals surface area contributed by atoms with E-state index in [4.69, 9.17) is 9.47 Å². The molecule has 0 spiro atoms. The number of nitrogens with one attached hydrogen (secondary N) is 1. The fourth-order valence-electron chi connectivity index (χ4n) is 4.30. The minimum Gasteiger partial charge on any atom is -0.496 e. The zero-order chi connectivity index (χ0) is 24.9. The molecule has 0 bridgehead atoms. The number of imidazole rings is 1. The van der Waals surface area contributed by atoms with Crippen molar-refractivity contribution in [2.45, 2.75) is 44.4 Å². The van der Waals surface area contributed by atoms with Gasteiger partial charge in [0.05, 0.1) is 32.1 Å². The molecule has 5 rings (SSSR count). The van der Waals surface area contributed by atoms with E-state index in [-0.39, 0.29) is 42.2 Å². The number of aromatic nitrogens is 2. The summed E-state index contributed by atoms with van der Waals surface area (Å²) in [4.78, 5) is 18.8. The standard InChI is InChI=1S/C24H24F4N4O3/c1-13(31-11-24(27,28)12-31)14-5-6-32-17(10-29-20(32)9-14)15-7-18(34-2)21(19(8-15)35-23(25)26)22(33)30-16-3-4-16/h5-10,13,16,23H,3-4,11-12H2,1-2H3,(H,30,33). The Morgan fingerprint density at radius 2 is 1.91 bits per heavy atom. The van der Waals surface area contributed by atoms with Crippen LogP contribution in [0.3, 0.4) is 0 Å². The SMILES string of the molecule is COc1cc(-c2cnc3cc(C(C)N4CC(F)(F)C4)ccn23)cc(OC(F)F)c1C(=O)NC1CC1. The number of methoxy groups -OCH3 is 1. The van der Waals surface area contributed by atoms with Crippen LogP contribution in [0, 0.1) is 0 Å². The summed E-state index contributed by atoms with van der Waals surface area (Å²) in [6.07, 6.45) is 4.97. The largest absolute Gasteiger partial charge is 0.496 e. The van der Waals surface area contributed by atoms with Crippen molar-refractivity contribution in [3.05, 3.63) is 47.8 Å². The summed E-state index contributed by atoms with van der Waals surface area (Å²) >= 11 is 0. The highest BCUT2D eigenvalue weighted by atomic mass is 19.3. The molecule has 3 heterocycles. The number of amides is 1. The van der Waals surface area contributed by atoms with E-state index in [9.17, 15) is 22.4 Å². The van der Waals surface area contributed by atoms with Crippen LogP contribution in [0.5, 0.6) is 11.5 Å². The molecule has 1 amide bonds. The average Bonchev–Trinajstić information content (AvgIpc) is 3.50.